The van der Waals surface area contributed by atoms with Crippen molar-refractivity contribution >= 4 is 36.9 Å². The highest BCUT2D eigenvalue weighted by Crippen LogP contribution is 2.26. The zero-order chi connectivity index (χ0) is 28.3. The number of esters is 2. The number of rotatable bonds is 11. The van der Waals surface area contributed by atoms with E-state index in [0.717, 1.165) is 25.7 Å². The first kappa shape index (κ1) is 31.5. The molecule has 14 heteroatoms. The summed E-state index contributed by atoms with van der Waals surface area (Å²) < 4.78 is 30.1. The summed E-state index contributed by atoms with van der Waals surface area (Å²) in [4.78, 5) is 35.0. The molecule has 3 rings (SSSR count). The fourth-order valence-corrected chi connectivity index (χ4v) is 4.90. The molecule has 0 aliphatic heterocycles. The largest absolute Gasteiger partial charge is 0.461 e. The van der Waals surface area contributed by atoms with E-state index in [2.05, 4.69) is 24.8 Å². The molecule has 2 atom stereocenters. The summed E-state index contributed by atoms with van der Waals surface area (Å²) in [5, 5.41) is 11.0. The molecule has 1 saturated carbocycles. The highest BCUT2D eigenvalue weighted by molar-refractivity contribution is 7.42. The molecule has 0 aromatic carbocycles. The minimum absolute atomic E-state index is 0.0274. The van der Waals surface area contributed by atoms with Gasteiger partial charge in [0, 0.05) is 0 Å². The summed E-state index contributed by atoms with van der Waals surface area (Å²) in [7, 11) is -1.95. The van der Waals surface area contributed by atoms with E-state index in [9.17, 15) is 14.2 Å². The highest BCUT2D eigenvalue weighted by atomic mass is 31.1. The molecule has 2 unspecified atom stereocenters. The smallest absolute Gasteiger partial charge is 0.461 e. The molecule has 0 amide bonds. The van der Waals surface area contributed by atoms with Gasteiger partial charge in [0.1, 0.15) is 24.6 Å². The average Bonchev–Trinajstić information content (AvgIpc) is 3.27. The predicted molar refractivity (Wildman–Crippen MR) is 141 cm³/mol. The summed E-state index contributed by atoms with van der Waals surface area (Å²) in [5.41, 5.74) is 5.90. The number of aliphatic hydroxyl groups is 1. The lowest BCUT2D eigenvalue weighted by molar-refractivity contribution is -0.156. The number of carbonyl (C=O) groups excluding carboxylic acids is 2. The topological polar surface area (TPSA) is 181 Å². The molecule has 1 fully saturated rings. The number of aromatic nitrogens is 4. The SMILES string of the molecule is CC(C)OC(=O)CO.CC(Cn1cnc2c(N)ncnc21)OC[P+](=O)NC(C)(C)C(=O)OC1CCCCC1. The molecule has 13 nitrogen and oxygen atoms in total. The van der Waals surface area contributed by atoms with Gasteiger partial charge in [-0.3, -0.25) is 0 Å². The van der Waals surface area contributed by atoms with Crippen molar-refractivity contribution < 1.29 is 33.5 Å². The Morgan fingerprint density at radius 2 is 1.89 bits per heavy atom. The van der Waals surface area contributed by atoms with Gasteiger partial charge in [0.25, 0.3) is 6.35 Å². The lowest BCUT2D eigenvalue weighted by Crippen LogP contribution is -2.46. The van der Waals surface area contributed by atoms with Crippen LogP contribution in [0.25, 0.3) is 11.2 Å². The molecule has 2 heterocycles. The fraction of sp³-hybridized carbons (Fsp3) is 0.708. The summed E-state index contributed by atoms with van der Waals surface area (Å²) in [6.45, 7) is 8.61. The van der Waals surface area contributed by atoms with Gasteiger partial charge >= 0.3 is 19.9 Å². The van der Waals surface area contributed by atoms with Gasteiger partial charge in [-0.25, -0.2) is 24.5 Å². The van der Waals surface area contributed by atoms with Gasteiger partial charge in [-0.2, -0.15) is 0 Å². The van der Waals surface area contributed by atoms with Crippen LogP contribution in [0.5, 0.6) is 0 Å². The third-order valence-corrected chi connectivity index (χ3v) is 6.79. The molecule has 2 aromatic heterocycles. The van der Waals surface area contributed by atoms with Crippen molar-refractivity contribution in [2.24, 2.45) is 0 Å². The number of carbonyl (C=O) groups is 2. The number of nitrogens with zero attached hydrogens (tertiary/aromatic N) is 4. The van der Waals surface area contributed by atoms with Crippen molar-refractivity contribution in [1.82, 2.24) is 24.6 Å². The first-order chi connectivity index (χ1) is 17.9. The van der Waals surface area contributed by atoms with Crippen LogP contribution in [0.3, 0.4) is 0 Å². The number of nitrogens with two attached hydrogens (primary N) is 1. The number of hydrogen-bond donors (Lipinski definition) is 3. The summed E-state index contributed by atoms with van der Waals surface area (Å²) in [6.07, 6.45) is 7.70. The lowest BCUT2D eigenvalue weighted by Gasteiger charge is -2.26. The fourth-order valence-electron chi connectivity index (χ4n) is 3.73. The molecular weight excluding hydrogens is 515 g/mol. The van der Waals surface area contributed by atoms with E-state index in [0.29, 0.717) is 23.5 Å². The first-order valence-electron chi connectivity index (χ1n) is 12.7. The van der Waals surface area contributed by atoms with Crippen molar-refractivity contribution in [1.29, 1.82) is 0 Å². The molecule has 1 aliphatic carbocycles. The van der Waals surface area contributed by atoms with Crippen molar-refractivity contribution in [3.05, 3.63) is 12.7 Å². The second-order valence-electron chi connectivity index (χ2n) is 9.91. The second-order valence-corrected chi connectivity index (χ2v) is 11.2. The van der Waals surface area contributed by atoms with Crippen LogP contribution >= 0.6 is 7.95 Å². The van der Waals surface area contributed by atoms with Gasteiger partial charge in [-0.1, -0.05) is 11.5 Å². The Morgan fingerprint density at radius 1 is 1.21 bits per heavy atom. The number of ether oxygens (including phenoxy) is 3. The highest BCUT2D eigenvalue weighted by Gasteiger charge is 2.39. The quantitative estimate of drug-likeness (QED) is 0.273. The molecular formula is C24H40N6O7P+. The monoisotopic (exact) mass is 555 g/mol. The maximum Gasteiger partial charge on any atom is 0.461 e. The summed E-state index contributed by atoms with van der Waals surface area (Å²) in [6, 6.07) is 0. The van der Waals surface area contributed by atoms with Gasteiger partial charge in [-0.15, -0.1) is 0 Å². The van der Waals surface area contributed by atoms with Crippen molar-refractivity contribution in [2.45, 2.75) is 97.1 Å². The van der Waals surface area contributed by atoms with Crippen molar-refractivity contribution in [3.63, 3.8) is 0 Å². The van der Waals surface area contributed by atoms with Gasteiger partial charge in [0.15, 0.2) is 17.0 Å². The Kier molecular flexibility index (Phi) is 12.4. The Morgan fingerprint density at radius 3 is 2.50 bits per heavy atom. The minimum Gasteiger partial charge on any atom is -0.461 e. The predicted octanol–water partition coefficient (Wildman–Crippen LogP) is 2.69. The van der Waals surface area contributed by atoms with Crippen LogP contribution in [-0.4, -0.2) is 73.4 Å². The van der Waals surface area contributed by atoms with Gasteiger partial charge in [-0.05, 0) is 64.9 Å². The summed E-state index contributed by atoms with van der Waals surface area (Å²) >= 11 is 0. The molecule has 4 N–H and O–H groups in total. The third-order valence-electron chi connectivity index (χ3n) is 5.60. The number of imidazole rings is 1. The van der Waals surface area contributed by atoms with Crippen LogP contribution in [0.4, 0.5) is 5.82 Å². The molecule has 0 spiro atoms. The zero-order valence-electron chi connectivity index (χ0n) is 22.8. The Hall–Kier alpha value is -2.73. The number of fused-ring (bicyclic) bond motifs is 1. The number of nitrogen functional groups attached to an aromatic ring is 1. The van der Waals surface area contributed by atoms with E-state index in [-0.39, 0.29) is 30.6 Å². The maximum atomic E-state index is 12.5. The molecule has 0 bridgehead atoms. The Balaban J connectivity index is 0.000000550. The lowest BCUT2D eigenvalue weighted by atomic mass is 9.97. The molecule has 0 saturated heterocycles. The van der Waals surface area contributed by atoms with E-state index in [1.807, 2.05) is 11.5 Å². The van der Waals surface area contributed by atoms with Crippen molar-refractivity contribution in [2.75, 3.05) is 18.7 Å². The van der Waals surface area contributed by atoms with E-state index in [4.69, 9.17) is 20.3 Å². The number of aliphatic hydroxyl groups excluding tert-OH is 1. The molecule has 1 aliphatic rings. The zero-order valence-corrected chi connectivity index (χ0v) is 23.6. The maximum absolute atomic E-state index is 12.5. The van der Waals surface area contributed by atoms with Crippen LogP contribution in [0.1, 0.15) is 66.7 Å². The standard InChI is InChI=1S/C19H30N6O4P.C5H10O3/c1-13(9-25-11-23-15-16(20)21-10-22-17(15)25)28-12-30(27)24-19(2,3)18(26)29-14-7-5-4-6-8-14;1-4(2)8-5(7)3-6/h10-11,13-14H,4-9,12H2,1-3H3,(H,24,27)(H2,20,21,22);4,6H,3H2,1-2H3/q+1;. The molecule has 212 valence electrons. The normalized spacial score (nSPS) is 15.5. The Bertz CT molecular complexity index is 1070. The summed E-state index contributed by atoms with van der Waals surface area (Å²) in [5.74, 6) is -0.630. The molecule has 0 radical (unpaired) electrons. The van der Waals surface area contributed by atoms with E-state index in [1.54, 1.807) is 34.0 Å². The minimum atomic E-state index is -1.95. The van der Waals surface area contributed by atoms with Gasteiger partial charge in [0.05, 0.1) is 25.1 Å². The molecule has 2 aromatic rings. The average molecular weight is 556 g/mol. The third kappa shape index (κ3) is 10.2. The van der Waals surface area contributed by atoms with E-state index < -0.39 is 26.1 Å². The van der Waals surface area contributed by atoms with Crippen LogP contribution < -0.4 is 10.8 Å². The van der Waals surface area contributed by atoms with Gasteiger partial charge < -0.3 is 29.6 Å². The number of anilines is 1. The number of hydrogen-bond acceptors (Lipinski definition) is 11. The Labute approximate surface area is 223 Å². The van der Waals surface area contributed by atoms with Crippen LogP contribution in [0.15, 0.2) is 12.7 Å². The van der Waals surface area contributed by atoms with E-state index >= 15 is 0 Å². The van der Waals surface area contributed by atoms with Crippen LogP contribution in [0, 0.1) is 0 Å². The second kappa shape index (κ2) is 15.0. The van der Waals surface area contributed by atoms with Crippen molar-refractivity contribution in [3.8, 4) is 0 Å². The van der Waals surface area contributed by atoms with Gasteiger partial charge in [0.2, 0.25) is 0 Å². The van der Waals surface area contributed by atoms with Crippen LogP contribution in [0.2, 0.25) is 0 Å². The van der Waals surface area contributed by atoms with E-state index in [1.165, 1.54) is 12.7 Å². The number of nitrogens with one attached hydrogen (secondary N) is 1. The molecule has 38 heavy (non-hydrogen) atoms. The van der Waals surface area contributed by atoms with Crippen LogP contribution in [-0.2, 0) is 34.9 Å². The first-order valence-corrected chi connectivity index (χ1v) is 14.1.